The number of phenols is 1. The molecular formula is C42H49F2NO4. The first-order valence-electron chi connectivity index (χ1n) is 18.0. The summed E-state index contributed by atoms with van der Waals surface area (Å²) in [5.74, 6) is -1.63. The molecule has 0 radical (unpaired) electrons. The van der Waals surface area contributed by atoms with Gasteiger partial charge < -0.3 is 15.2 Å². The van der Waals surface area contributed by atoms with E-state index in [-0.39, 0.29) is 35.1 Å². The van der Waals surface area contributed by atoms with E-state index >= 15 is 0 Å². The van der Waals surface area contributed by atoms with Crippen molar-refractivity contribution in [2.75, 3.05) is 5.32 Å². The van der Waals surface area contributed by atoms with Crippen molar-refractivity contribution in [3.63, 3.8) is 0 Å². The lowest BCUT2D eigenvalue weighted by atomic mass is 9.15. The molecule has 260 valence electrons. The molecule has 4 saturated carbocycles. The van der Waals surface area contributed by atoms with Crippen LogP contribution in [-0.4, -0.2) is 28.5 Å². The second-order valence-electron chi connectivity index (χ2n) is 16.6. The minimum atomic E-state index is -3.46. The van der Waals surface area contributed by atoms with Crippen LogP contribution in [0.15, 0.2) is 78.9 Å². The maximum atomic E-state index is 14.1. The van der Waals surface area contributed by atoms with E-state index in [0.717, 1.165) is 35.8 Å². The molecule has 3 aromatic carbocycles. The summed E-state index contributed by atoms with van der Waals surface area (Å²) in [4.78, 5) is 25.9. The smallest absolute Gasteiger partial charge is 0.322 e. The highest BCUT2D eigenvalue weighted by Gasteiger charge is 2.89. The number of alkyl halides is 2. The normalized spacial score (nSPS) is 29.7. The number of hydrogen-bond acceptors (Lipinski definition) is 4. The Hall–Kier alpha value is -3.74. The van der Waals surface area contributed by atoms with E-state index in [9.17, 15) is 23.5 Å². The lowest BCUT2D eigenvalue weighted by molar-refractivity contribution is -0.456. The van der Waals surface area contributed by atoms with Crippen molar-refractivity contribution in [1.29, 1.82) is 0 Å². The molecule has 4 aliphatic carbocycles. The van der Waals surface area contributed by atoms with Crippen LogP contribution < -0.4 is 5.32 Å². The van der Waals surface area contributed by atoms with Crippen LogP contribution in [-0.2, 0) is 14.3 Å². The maximum Gasteiger partial charge on any atom is 0.322 e. The van der Waals surface area contributed by atoms with Crippen LogP contribution in [0.25, 0.3) is 0 Å². The number of hydrogen-bond donors (Lipinski definition) is 2. The van der Waals surface area contributed by atoms with E-state index in [2.05, 4.69) is 31.3 Å². The van der Waals surface area contributed by atoms with Crippen LogP contribution in [0.1, 0.15) is 108 Å². The van der Waals surface area contributed by atoms with E-state index in [4.69, 9.17) is 4.74 Å². The number of carbonyl (C=O) groups excluding carboxylic acids is 2. The van der Waals surface area contributed by atoms with Crippen LogP contribution in [0.2, 0.25) is 0 Å². The summed E-state index contributed by atoms with van der Waals surface area (Å²) < 4.78 is 33.4. The van der Waals surface area contributed by atoms with E-state index in [1.807, 2.05) is 56.3 Å². The third-order valence-electron chi connectivity index (χ3n) is 13.2. The van der Waals surface area contributed by atoms with Crippen LogP contribution in [0, 0.1) is 34.5 Å². The lowest BCUT2D eigenvalue weighted by Gasteiger charge is -2.90. The largest absolute Gasteiger partial charge is 0.508 e. The molecule has 4 aliphatic rings. The van der Waals surface area contributed by atoms with Gasteiger partial charge in [-0.15, -0.1) is 0 Å². The Morgan fingerprint density at radius 3 is 1.98 bits per heavy atom. The van der Waals surface area contributed by atoms with Gasteiger partial charge in [-0.3, -0.25) is 9.59 Å². The maximum absolute atomic E-state index is 14.1. The van der Waals surface area contributed by atoms with Crippen LogP contribution >= 0.6 is 0 Å². The predicted molar refractivity (Wildman–Crippen MR) is 187 cm³/mol. The van der Waals surface area contributed by atoms with E-state index in [0.29, 0.717) is 36.3 Å². The fourth-order valence-electron chi connectivity index (χ4n) is 10.6. The Morgan fingerprint density at radius 1 is 0.837 bits per heavy atom. The standard InChI is InChI=1S/C42H49F2NO4/c1-25(26-11-15-33(16-12-26)45-37(47)41(5,43)44)19-29(28-13-17-34(46)18-14-28)20-30(27-9-7-6-8-10-27)24-39(2,3)38(48)49-40(4)35-22-31-21-32-23-36(40)42(31,32)35/h6-18,25,29-32,35-36,46H,19-24H2,1-5H3,(H,45,47). The Kier molecular flexibility index (Phi) is 8.23. The van der Waals surface area contributed by atoms with Gasteiger partial charge >= 0.3 is 11.9 Å². The zero-order chi connectivity index (χ0) is 34.9. The van der Waals surface area contributed by atoms with Crippen LogP contribution in [0.5, 0.6) is 5.75 Å². The highest BCUT2D eigenvalue weighted by atomic mass is 19.3. The van der Waals surface area contributed by atoms with Gasteiger partial charge in [0, 0.05) is 24.4 Å². The van der Waals surface area contributed by atoms with Gasteiger partial charge in [-0.25, -0.2) is 0 Å². The predicted octanol–water partition coefficient (Wildman–Crippen LogP) is 9.83. The summed E-state index contributed by atoms with van der Waals surface area (Å²) in [5, 5.41) is 12.4. The molecule has 7 atom stereocenters. The fourth-order valence-corrected chi connectivity index (χ4v) is 10.6. The zero-order valence-corrected chi connectivity index (χ0v) is 29.2. The number of aromatic hydroxyl groups is 1. The number of amides is 1. The van der Waals surface area contributed by atoms with Crippen molar-refractivity contribution < 1.29 is 28.2 Å². The number of phenolic OH excluding ortho intramolecular Hbond substituents is 1. The summed E-state index contributed by atoms with van der Waals surface area (Å²) in [7, 11) is 0. The van der Waals surface area contributed by atoms with Crippen molar-refractivity contribution in [3.8, 4) is 5.75 Å². The Balaban J connectivity index is 1.09. The Labute approximate surface area is 288 Å². The highest BCUT2D eigenvalue weighted by molar-refractivity contribution is 5.95. The second-order valence-corrected chi connectivity index (χ2v) is 16.6. The molecule has 7 rings (SSSR count). The molecule has 1 spiro atoms. The molecular weight excluding hydrogens is 620 g/mol. The van der Waals surface area contributed by atoms with Gasteiger partial charge in [0.25, 0.3) is 5.91 Å². The third kappa shape index (κ3) is 5.65. The summed E-state index contributed by atoms with van der Waals surface area (Å²) in [6, 6.07) is 24.9. The SMILES string of the molecule is CC(CC(CC(CC(C)(C)C(=O)OC1(C)C2CC3CC4CC1C342)c1ccccc1)c1ccc(O)cc1)c1ccc(NC(=O)C(C)(F)F)cc1. The average molecular weight is 670 g/mol. The Bertz CT molecular complexity index is 1680. The average Bonchev–Trinajstić information content (AvgIpc) is 3.02. The van der Waals surface area contributed by atoms with E-state index < -0.39 is 17.2 Å². The molecule has 49 heavy (non-hydrogen) atoms. The quantitative estimate of drug-likeness (QED) is 0.178. The first-order chi connectivity index (χ1) is 23.1. The molecule has 0 aliphatic heterocycles. The number of esters is 1. The fraction of sp³-hybridized carbons (Fsp3) is 0.524. The van der Waals surface area contributed by atoms with Gasteiger partial charge in [-0.2, -0.15) is 8.78 Å². The van der Waals surface area contributed by atoms with Crippen molar-refractivity contribution in [1.82, 2.24) is 0 Å². The van der Waals surface area contributed by atoms with Crippen LogP contribution in [0.3, 0.4) is 0 Å². The van der Waals surface area contributed by atoms with E-state index in [1.165, 1.54) is 24.8 Å². The topological polar surface area (TPSA) is 75.6 Å². The summed E-state index contributed by atoms with van der Waals surface area (Å²) >= 11 is 0. The van der Waals surface area contributed by atoms with Gasteiger partial charge in [0.05, 0.1) is 5.41 Å². The summed E-state index contributed by atoms with van der Waals surface area (Å²) in [5.41, 5.74) is 3.12. The third-order valence-corrected chi connectivity index (χ3v) is 13.2. The minimum Gasteiger partial charge on any atom is -0.508 e. The van der Waals surface area contributed by atoms with Crippen molar-refractivity contribution in [2.24, 2.45) is 34.5 Å². The van der Waals surface area contributed by atoms with Gasteiger partial charge in [0.2, 0.25) is 0 Å². The molecule has 7 unspecified atom stereocenters. The first-order valence-corrected chi connectivity index (χ1v) is 18.0. The van der Waals surface area contributed by atoms with Crippen molar-refractivity contribution >= 4 is 17.6 Å². The molecule has 2 N–H and O–H groups in total. The van der Waals surface area contributed by atoms with E-state index in [1.54, 1.807) is 24.3 Å². The molecule has 3 aromatic rings. The number of halogens is 2. The molecule has 7 heteroatoms. The zero-order valence-electron chi connectivity index (χ0n) is 29.2. The number of anilines is 1. The lowest BCUT2D eigenvalue weighted by Crippen LogP contribution is -2.90. The number of carbonyl (C=O) groups is 2. The monoisotopic (exact) mass is 669 g/mol. The van der Waals surface area contributed by atoms with Gasteiger partial charge in [0.15, 0.2) is 0 Å². The van der Waals surface area contributed by atoms with Crippen LogP contribution in [0.4, 0.5) is 14.5 Å². The van der Waals surface area contributed by atoms with Crippen molar-refractivity contribution in [2.45, 2.75) is 102 Å². The van der Waals surface area contributed by atoms with Gasteiger partial charge in [-0.1, -0.05) is 61.5 Å². The molecule has 5 nitrogen and oxygen atoms in total. The number of ether oxygens (including phenoxy) is 1. The number of rotatable bonds is 13. The summed E-state index contributed by atoms with van der Waals surface area (Å²) in [6.07, 6.45) is 6.00. The molecule has 0 bridgehead atoms. The Morgan fingerprint density at radius 2 is 1.41 bits per heavy atom. The molecule has 1 amide bonds. The molecule has 0 heterocycles. The molecule has 0 aromatic heterocycles. The first kappa shape index (κ1) is 33.7. The second kappa shape index (κ2) is 11.9. The summed E-state index contributed by atoms with van der Waals surface area (Å²) in [6.45, 7) is 8.99. The number of nitrogens with one attached hydrogen (secondary N) is 1. The van der Waals surface area contributed by atoms with Gasteiger partial charge in [0.1, 0.15) is 11.4 Å². The highest BCUT2D eigenvalue weighted by Crippen LogP contribution is 2.91. The minimum absolute atomic E-state index is 0.0661. The molecule has 4 fully saturated rings. The van der Waals surface area contributed by atoms with Gasteiger partial charge in [-0.05, 0) is 135 Å². The number of benzene rings is 3. The van der Waals surface area contributed by atoms with Crippen molar-refractivity contribution in [3.05, 3.63) is 95.6 Å². The molecule has 0 saturated heterocycles.